The number of amides is 2. The number of carbonyl (C=O) groups is 2. The first kappa shape index (κ1) is 18.5. The lowest BCUT2D eigenvalue weighted by atomic mass is 10.1. The molecule has 0 aliphatic heterocycles. The molecule has 2 aromatic carbocycles. The maximum absolute atomic E-state index is 12.2. The molecule has 3 N–H and O–H groups in total. The van der Waals surface area contributed by atoms with Crippen LogP contribution in [0.4, 0.5) is 17.1 Å². The van der Waals surface area contributed by atoms with Gasteiger partial charge in [-0.25, -0.2) is 4.98 Å². The van der Waals surface area contributed by atoms with E-state index in [4.69, 9.17) is 14.4 Å². The molecule has 0 bridgehead atoms. The monoisotopic (exact) mass is 377 g/mol. The maximum atomic E-state index is 12.2. The van der Waals surface area contributed by atoms with E-state index in [9.17, 15) is 9.59 Å². The lowest BCUT2D eigenvalue weighted by Crippen LogP contribution is -2.29. The number of benzene rings is 2. The van der Waals surface area contributed by atoms with Crippen LogP contribution in [0.2, 0.25) is 0 Å². The quantitative estimate of drug-likeness (QED) is 0.354. The largest absolute Gasteiger partial charge is 0.496 e. The summed E-state index contributed by atoms with van der Waals surface area (Å²) in [4.78, 5) is 28.1. The zero-order chi connectivity index (χ0) is 19.9. The number of anilines is 3. The number of hydrogen-bond donors (Lipinski definition) is 3. The first-order chi connectivity index (χ1) is 13.6. The topological polar surface area (TPSA) is 129 Å². The maximum Gasteiger partial charge on any atom is 0.314 e. The Labute approximate surface area is 159 Å². The Morgan fingerprint density at radius 2 is 1.68 bits per heavy atom. The molecule has 3 rings (SSSR count). The van der Waals surface area contributed by atoms with Crippen molar-refractivity contribution in [3.05, 3.63) is 55.1 Å². The Bertz CT molecular complexity index is 1020. The Morgan fingerprint density at radius 1 is 1.04 bits per heavy atom. The van der Waals surface area contributed by atoms with Gasteiger partial charge in [-0.05, 0) is 36.4 Å². The minimum Gasteiger partial charge on any atom is -0.496 e. The van der Waals surface area contributed by atoms with Gasteiger partial charge in [0, 0.05) is 23.1 Å². The van der Waals surface area contributed by atoms with Crippen LogP contribution in [0.1, 0.15) is 0 Å². The van der Waals surface area contributed by atoms with E-state index in [0.29, 0.717) is 34.1 Å². The number of nitrogens with zero attached hydrogens (tertiary/aromatic N) is 2. The second-order valence-electron chi connectivity index (χ2n) is 5.50. The number of nitriles is 1. The van der Waals surface area contributed by atoms with E-state index >= 15 is 0 Å². The van der Waals surface area contributed by atoms with Gasteiger partial charge in [0.05, 0.1) is 18.9 Å². The van der Waals surface area contributed by atoms with Crippen molar-refractivity contribution < 1.29 is 18.7 Å². The number of nitrogens with one attached hydrogen (secondary N) is 3. The Morgan fingerprint density at radius 3 is 2.29 bits per heavy atom. The Hall–Kier alpha value is -4.32. The van der Waals surface area contributed by atoms with Crippen molar-refractivity contribution in [3.8, 4) is 23.3 Å². The van der Waals surface area contributed by atoms with Gasteiger partial charge in [0.25, 0.3) is 0 Å². The summed E-state index contributed by atoms with van der Waals surface area (Å²) in [5.74, 6) is -0.703. The van der Waals surface area contributed by atoms with Crippen LogP contribution in [0.15, 0.2) is 59.5 Å². The van der Waals surface area contributed by atoms with Crippen LogP contribution < -0.4 is 20.7 Å². The summed E-state index contributed by atoms with van der Waals surface area (Å²) in [6.45, 7) is 0. The molecule has 140 valence electrons. The number of rotatable bonds is 5. The number of oxazole rings is 1. The third-order valence-electron chi connectivity index (χ3n) is 3.71. The summed E-state index contributed by atoms with van der Waals surface area (Å²) in [5.41, 5.74) is 2.04. The zero-order valence-electron chi connectivity index (χ0n) is 14.7. The molecular formula is C19H15N5O4. The minimum absolute atomic E-state index is 0.383. The third-order valence-corrected chi connectivity index (χ3v) is 3.71. The summed E-state index contributed by atoms with van der Waals surface area (Å²) in [7, 11) is 1.48. The van der Waals surface area contributed by atoms with Gasteiger partial charge in [-0.15, -0.1) is 0 Å². The first-order valence-electron chi connectivity index (χ1n) is 8.05. The lowest BCUT2D eigenvalue weighted by Gasteiger charge is -2.10. The number of hydrogen-bond acceptors (Lipinski definition) is 7. The third kappa shape index (κ3) is 4.25. The average Bonchev–Trinajstić information content (AvgIpc) is 3.24. The van der Waals surface area contributed by atoms with Crippen LogP contribution in [0, 0.1) is 11.5 Å². The highest BCUT2D eigenvalue weighted by Gasteiger charge is 2.16. The van der Waals surface area contributed by atoms with Gasteiger partial charge in [-0.2, -0.15) is 5.26 Å². The van der Waals surface area contributed by atoms with Crippen molar-refractivity contribution in [2.24, 2.45) is 0 Å². The zero-order valence-corrected chi connectivity index (χ0v) is 14.7. The number of methoxy groups -OCH3 is 1. The molecule has 2 amide bonds. The van der Waals surface area contributed by atoms with Crippen LogP contribution in [0.5, 0.6) is 5.75 Å². The molecule has 0 saturated carbocycles. The van der Waals surface area contributed by atoms with E-state index in [1.807, 2.05) is 0 Å². The number of aromatic nitrogens is 1. The van der Waals surface area contributed by atoms with E-state index < -0.39 is 11.8 Å². The van der Waals surface area contributed by atoms with E-state index in [-0.39, 0.29) is 0 Å². The molecule has 1 aromatic heterocycles. The van der Waals surface area contributed by atoms with Gasteiger partial charge in [-0.3, -0.25) is 14.9 Å². The fourth-order valence-corrected chi connectivity index (χ4v) is 2.40. The predicted octanol–water partition coefficient (Wildman–Crippen LogP) is 2.82. The molecule has 9 heteroatoms. The van der Waals surface area contributed by atoms with E-state index in [1.165, 1.54) is 13.5 Å². The van der Waals surface area contributed by atoms with Crippen LogP contribution in [-0.2, 0) is 9.59 Å². The highest BCUT2D eigenvalue weighted by molar-refractivity contribution is 6.43. The molecule has 0 saturated heterocycles. The van der Waals surface area contributed by atoms with E-state index in [0.717, 1.165) is 0 Å². The van der Waals surface area contributed by atoms with Gasteiger partial charge in [0.15, 0.2) is 18.3 Å². The van der Waals surface area contributed by atoms with Crippen molar-refractivity contribution in [1.29, 1.82) is 5.26 Å². The second kappa shape index (κ2) is 8.37. The molecule has 9 nitrogen and oxygen atoms in total. The lowest BCUT2D eigenvalue weighted by molar-refractivity contribution is -0.132. The summed E-state index contributed by atoms with van der Waals surface area (Å²) in [6.07, 6.45) is 4.64. The van der Waals surface area contributed by atoms with Gasteiger partial charge in [0.2, 0.25) is 0 Å². The molecule has 0 spiro atoms. The first-order valence-corrected chi connectivity index (χ1v) is 8.05. The highest BCUT2D eigenvalue weighted by Crippen LogP contribution is 2.32. The van der Waals surface area contributed by atoms with Gasteiger partial charge < -0.3 is 19.8 Å². The molecule has 3 aromatic rings. The molecule has 0 radical (unpaired) electrons. The molecule has 0 aliphatic carbocycles. The fourth-order valence-electron chi connectivity index (χ4n) is 2.40. The van der Waals surface area contributed by atoms with Crippen molar-refractivity contribution in [1.82, 2.24) is 4.98 Å². The van der Waals surface area contributed by atoms with Crippen LogP contribution in [-0.4, -0.2) is 23.9 Å². The second-order valence-corrected chi connectivity index (χ2v) is 5.50. The minimum atomic E-state index is -0.839. The Balaban J connectivity index is 1.66. The molecule has 0 atom stereocenters. The molecule has 28 heavy (non-hydrogen) atoms. The molecule has 0 aliphatic rings. The van der Waals surface area contributed by atoms with Gasteiger partial charge in [-0.1, -0.05) is 0 Å². The van der Waals surface area contributed by atoms with E-state index in [1.54, 1.807) is 54.9 Å². The van der Waals surface area contributed by atoms with Crippen LogP contribution in [0.3, 0.4) is 0 Å². The standard InChI is InChI=1S/C19H15N5O4/c1-27-16-8-14(6-7-15(16)17-9-21-11-28-17)24-19(26)18(25)23-13-4-2-12(3-5-13)22-10-20/h2-9,11,22H,1H3,(H,23,25)(H,24,26). The van der Waals surface area contributed by atoms with Gasteiger partial charge >= 0.3 is 11.8 Å². The molecule has 1 heterocycles. The number of ether oxygens (including phenoxy) is 1. The van der Waals surface area contributed by atoms with E-state index in [2.05, 4.69) is 20.9 Å². The SMILES string of the molecule is COc1cc(NC(=O)C(=O)Nc2ccc(NC#N)cc2)ccc1-c1cnco1. The normalized spacial score (nSPS) is 9.86. The van der Waals surface area contributed by atoms with Crippen LogP contribution >= 0.6 is 0 Å². The smallest absolute Gasteiger partial charge is 0.314 e. The van der Waals surface area contributed by atoms with Crippen molar-refractivity contribution >= 4 is 28.9 Å². The summed E-state index contributed by atoms with van der Waals surface area (Å²) < 4.78 is 10.6. The van der Waals surface area contributed by atoms with Gasteiger partial charge in [0.1, 0.15) is 5.75 Å². The Kier molecular flexibility index (Phi) is 5.52. The molecule has 0 fully saturated rings. The van der Waals surface area contributed by atoms with Crippen molar-refractivity contribution in [2.45, 2.75) is 0 Å². The molecule has 0 unspecified atom stereocenters. The average molecular weight is 377 g/mol. The predicted molar refractivity (Wildman–Crippen MR) is 101 cm³/mol. The summed E-state index contributed by atoms with van der Waals surface area (Å²) in [6, 6.07) is 11.2. The summed E-state index contributed by atoms with van der Waals surface area (Å²) in [5, 5.41) is 16.0. The fraction of sp³-hybridized carbons (Fsp3) is 0.0526. The molecular weight excluding hydrogens is 362 g/mol. The number of carbonyl (C=O) groups excluding carboxylic acids is 2. The van der Waals surface area contributed by atoms with Crippen molar-refractivity contribution in [3.63, 3.8) is 0 Å². The highest BCUT2D eigenvalue weighted by atomic mass is 16.5. The van der Waals surface area contributed by atoms with Crippen molar-refractivity contribution in [2.75, 3.05) is 23.1 Å². The van der Waals surface area contributed by atoms with Crippen LogP contribution in [0.25, 0.3) is 11.3 Å². The summed E-state index contributed by atoms with van der Waals surface area (Å²) >= 11 is 0.